The van der Waals surface area contributed by atoms with Crippen molar-refractivity contribution < 1.29 is 14.1 Å². The van der Waals surface area contributed by atoms with Crippen LogP contribution in [-0.2, 0) is 4.74 Å². The molecular weight excluding hydrogens is 466 g/mol. The highest BCUT2D eigenvalue weighted by molar-refractivity contribution is 5.98. The lowest BCUT2D eigenvalue weighted by Gasteiger charge is -2.34. The number of rotatable bonds is 6. The molecule has 5 heterocycles. The summed E-state index contributed by atoms with van der Waals surface area (Å²) in [6.45, 7) is 3.84. The number of aryl methyl sites for hydroxylation is 2. The van der Waals surface area contributed by atoms with Crippen molar-refractivity contribution in [1.82, 2.24) is 24.7 Å². The van der Waals surface area contributed by atoms with E-state index in [1.54, 1.807) is 12.3 Å². The van der Waals surface area contributed by atoms with E-state index in [1.165, 1.54) is 13.5 Å². The molecule has 5 aromatic rings. The molecule has 1 aliphatic carbocycles. The van der Waals surface area contributed by atoms with Crippen LogP contribution in [0.2, 0.25) is 0 Å². The highest BCUT2D eigenvalue weighted by Gasteiger charge is 2.33. The van der Waals surface area contributed by atoms with E-state index in [9.17, 15) is 4.79 Å². The Bertz CT molecular complexity index is 1580. The SMILES string of the molecule is COC(=O)c1cc(-c2cn(C(c3ccccn3)C3CCC3)c3ncc(-c4c(C)noc4C)cc23)ccn1. The summed E-state index contributed by atoms with van der Waals surface area (Å²) in [6.07, 6.45) is 11.0. The first-order valence-corrected chi connectivity index (χ1v) is 12.4. The Labute approximate surface area is 214 Å². The molecule has 0 amide bonds. The van der Waals surface area contributed by atoms with Gasteiger partial charge in [-0.15, -0.1) is 0 Å². The van der Waals surface area contributed by atoms with Crippen LogP contribution >= 0.6 is 0 Å². The molecule has 0 N–H and O–H groups in total. The predicted molar refractivity (Wildman–Crippen MR) is 139 cm³/mol. The van der Waals surface area contributed by atoms with E-state index in [4.69, 9.17) is 19.2 Å². The number of esters is 1. The summed E-state index contributed by atoms with van der Waals surface area (Å²) in [5.74, 6) is 0.753. The summed E-state index contributed by atoms with van der Waals surface area (Å²) in [7, 11) is 1.36. The molecule has 1 unspecified atom stereocenters. The third-order valence-corrected chi connectivity index (χ3v) is 7.34. The molecule has 6 rings (SSSR count). The Balaban J connectivity index is 1.60. The third-order valence-electron chi connectivity index (χ3n) is 7.34. The molecule has 1 aliphatic rings. The molecule has 0 radical (unpaired) electrons. The van der Waals surface area contributed by atoms with E-state index in [0.29, 0.717) is 5.92 Å². The van der Waals surface area contributed by atoms with Gasteiger partial charge in [0.2, 0.25) is 0 Å². The summed E-state index contributed by atoms with van der Waals surface area (Å²) >= 11 is 0. The molecule has 1 atom stereocenters. The molecule has 0 saturated heterocycles. The first-order chi connectivity index (χ1) is 18.0. The second kappa shape index (κ2) is 9.28. The van der Waals surface area contributed by atoms with Gasteiger partial charge in [-0.05, 0) is 68.5 Å². The summed E-state index contributed by atoms with van der Waals surface area (Å²) in [5, 5.41) is 5.10. The zero-order chi connectivity index (χ0) is 25.5. The maximum Gasteiger partial charge on any atom is 0.356 e. The topological polar surface area (TPSA) is 95.9 Å². The van der Waals surface area contributed by atoms with Gasteiger partial charge < -0.3 is 13.8 Å². The fourth-order valence-electron chi connectivity index (χ4n) is 5.34. The van der Waals surface area contributed by atoms with Crippen molar-refractivity contribution >= 4 is 17.0 Å². The van der Waals surface area contributed by atoms with E-state index in [0.717, 1.165) is 63.3 Å². The van der Waals surface area contributed by atoms with E-state index in [2.05, 4.69) is 33.0 Å². The second-order valence-electron chi connectivity index (χ2n) is 9.56. The number of aromatic nitrogens is 5. The lowest BCUT2D eigenvalue weighted by Crippen LogP contribution is -2.26. The van der Waals surface area contributed by atoms with E-state index < -0.39 is 5.97 Å². The number of carbonyl (C=O) groups excluding carboxylic acids is 1. The molecule has 1 saturated carbocycles. The standard InChI is InChI=1S/C29H27N5O3/c1-17-26(18(2)37-33-17)21-13-22-23(20-10-12-31-25(14-20)29(35)36-3)16-34(28(22)32-15-21)27(19-7-6-8-19)24-9-4-5-11-30-24/h4-5,9-16,19,27H,6-8H2,1-3H3. The minimum atomic E-state index is -0.471. The Hall–Kier alpha value is -4.33. The average molecular weight is 494 g/mol. The van der Waals surface area contributed by atoms with E-state index in [-0.39, 0.29) is 11.7 Å². The molecule has 1 fully saturated rings. The zero-order valence-electron chi connectivity index (χ0n) is 21.0. The maximum absolute atomic E-state index is 12.3. The molecule has 0 aliphatic heterocycles. The summed E-state index contributed by atoms with van der Waals surface area (Å²) in [5.41, 5.74) is 6.67. The van der Waals surface area contributed by atoms with Crippen LogP contribution in [0, 0.1) is 19.8 Å². The van der Waals surface area contributed by atoms with Gasteiger partial charge in [0, 0.05) is 46.9 Å². The van der Waals surface area contributed by atoms with Crippen molar-refractivity contribution in [2.75, 3.05) is 7.11 Å². The Kier molecular flexibility index (Phi) is 5.79. The molecule has 5 aromatic heterocycles. The van der Waals surface area contributed by atoms with Crippen molar-refractivity contribution in [2.24, 2.45) is 5.92 Å². The van der Waals surface area contributed by atoms with Crippen molar-refractivity contribution in [3.8, 4) is 22.3 Å². The first kappa shape index (κ1) is 23.1. The number of methoxy groups -OCH3 is 1. The van der Waals surface area contributed by atoms with Crippen LogP contribution in [0.3, 0.4) is 0 Å². The number of nitrogens with zero attached hydrogens (tertiary/aromatic N) is 5. The van der Waals surface area contributed by atoms with Gasteiger partial charge in [0.25, 0.3) is 0 Å². The maximum atomic E-state index is 12.3. The normalized spacial score (nSPS) is 14.5. The molecule has 0 spiro atoms. The molecular formula is C29H27N5O3. The highest BCUT2D eigenvalue weighted by Crippen LogP contribution is 2.43. The van der Waals surface area contributed by atoms with Crippen molar-refractivity contribution in [3.63, 3.8) is 0 Å². The third kappa shape index (κ3) is 3.98. The minimum Gasteiger partial charge on any atom is -0.464 e. The van der Waals surface area contributed by atoms with Crippen LogP contribution in [0.15, 0.2) is 65.7 Å². The lowest BCUT2D eigenvalue weighted by molar-refractivity contribution is 0.0594. The quantitative estimate of drug-likeness (QED) is 0.270. The van der Waals surface area contributed by atoms with E-state index >= 15 is 0 Å². The van der Waals surface area contributed by atoms with Gasteiger partial charge in [0.05, 0.1) is 24.5 Å². The number of pyridine rings is 3. The summed E-state index contributed by atoms with van der Waals surface area (Å²) < 4.78 is 12.6. The van der Waals surface area contributed by atoms with Crippen LogP contribution in [-0.4, -0.2) is 37.8 Å². The lowest BCUT2D eigenvalue weighted by atomic mass is 9.78. The van der Waals surface area contributed by atoms with Crippen molar-refractivity contribution in [1.29, 1.82) is 0 Å². The summed E-state index contributed by atoms with van der Waals surface area (Å²) in [6, 6.07) is 11.9. The Morgan fingerprint density at radius 2 is 1.95 bits per heavy atom. The van der Waals surface area contributed by atoms with Gasteiger partial charge in [0.1, 0.15) is 17.1 Å². The highest BCUT2D eigenvalue weighted by atomic mass is 16.5. The van der Waals surface area contributed by atoms with Gasteiger partial charge in [-0.25, -0.2) is 14.8 Å². The van der Waals surface area contributed by atoms with Crippen LogP contribution in [0.25, 0.3) is 33.3 Å². The number of fused-ring (bicyclic) bond motifs is 1. The van der Waals surface area contributed by atoms with E-state index in [1.807, 2.05) is 44.4 Å². The number of ether oxygens (including phenoxy) is 1. The van der Waals surface area contributed by atoms with Gasteiger partial charge in [0.15, 0.2) is 0 Å². The molecule has 0 aromatic carbocycles. The number of carbonyl (C=O) groups is 1. The predicted octanol–water partition coefficient (Wildman–Crippen LogP) is 5.94. The fraction of sp³-hybridized carbons (Fsp3) is 0.276. The number of hydrogen-bond donors (Lipinski definition) is 0. The Morgan fingerprint density at radius 3 is 2.62 bits per heavy atom. The van der Waals surface area contributed by atoms with Crippen LogP contribution in [0.5, 0.6) is 0 Å². The minimum absolute atomic E-state index is 0.0607. The van der Waals surface area contributed by atoms with Crippen LogP contribution < -0.4 is 0 Å². The Morgan fingerprint density at radius 1 is 1.08 bits per heavy atom. The van der Waals surface area contributed by atoms with Gasteiger partial charge in [-0.2, -0.15) is 0 Å². The molecule has 186 valence electrons. The molecule has 0 bridgehead atoms. The fourth-order valence-corrected chi connectivity index (χ4v) is 5.34. The zero-order valence-corrected chi connectivity index (χ0v) is 21.0. The van der Waals surface area contributed by atoms with Crippen LogP contribution in [0.4, 0.5) is 0 Å². The largest absolute Gasteiger partial charge is 0.464 e. The first-order valence-electron chi connectivity index (χ1n) is 12.4. The average Bonchev–Trinajstić information content (AvgIpc) is 3.44. The van der Waals surface area contributed by atoms with Gasteiger partial charge in [-0.3, -0.25) is 4.98 Å². The molecule has 8 heteroatoms. The monoisotopic (exact) mass is 493 g/mol. The molecule has 8 nitrogen and oxygen atoms in total. The molecule has 37 heavy (non-hydrogen) atoms. The van der Waals surface area contributed by atoms with Gasteiger partial charge >= 0.3 is 5.97 Å². The smallest absolute Gasteiger partial charge is 0.356 e. The number of hydrogen-bond acceptors (Lipinski definition) is 7. The van der Waals surface area contributed by atoms with Crippen molar-refractivity contribution in [2.45, 2.75) is 39.2 Å². The van der Waals surface area contributed by atoms with Gasteiger partial charge in [-0.1, -0.05) is 17.6 Å². The second-order valence-corrected chi connectivity index (χ2v) is 9.56. The van der Waals surface area contributed by atoms with Crippen molar-refractivity contribution in [3.05, 3.63) is 84.0 Å². The van der Waals surface area contributed by atoms with Crippen LogP contribution in [0.1, 0.15) is 52.9 Å². The summed E-state index contributed by atoms with van der Waals surface area (Å²) in [4.78, 5) is 26.2.